The molecule has 0 aromatic heterocycles. The fourth-order valence-electron chi connectivity index (χ4n) is 1.41. The van der Waals surface area contributed by atoms with Crippen LogP contribution in [0.1, 0.15) is 29.7 Å². The number of aryl methyl sites for hydroxylation is 2. The van der Waals surface area contributed by atoms with Gasteiger partial charge in [-0.25, -0.2) is 0 Å². The van der Waals surface area contributed by atoms with E-state index in [2.05, 4.69) is 44.5 Å². The number of rotatable bonds is 6. The molecule has 0 fully saturated rings. The lowest BCUT2D eigenvalue weighted by Crippen LogP contribution is -2.21. The Hall–Kier alpha value is -0.900. The van der Waals surface area contributed by atoms with Crippen molar-refractivity contribution in [1.82, 2.24) is 5.48 Å². The summed E-state index contributed by atoms with van der Waals surface area (Å²) in [6.45, 7) is 7.48. The highest BCUT2D eigenvalue weighted by atomic mass is 16.7. The van der Waals surface area contributed by atoms with Gasteiger partial charge >= 0.3 is 0 Å². The first-order valence-corrected chi connectivity index (χ1v) is 5.58. The third-order valence-electron chi connectivity index (χ3n) is 2.68. The molecular formula is C13H21NO2. The zero-order chi connectivity index (χ0) is 12.0. The number of nitrogens with one attached hydrogen (secondary N) is 1. The van der Waals surface area contributed by atoms with Gasteiger partial charge in [-0.05, 0) is 37.5 Å². The summed E-state index contributed by atoms with van der Waals surface area (Å²) in [6.07, 6.45) is 0. The Morgan fingerprint density at radius 2 is 1.94 bits per heavy atom. The molecule has 0 radical (unpaired) electrons. The van der Waals surface area contributed by atoms with Crippen LogP contribution in [0.4, 0.5) is 0 Å². The highest BCUT2D eigenvalue weighted by Crippen LogP contribution is 2.16. The van der Waals surface area contributed by atoms with Gasteiger partial charge in [0.2, 0.25) is 0 Å². The largest absolute Gasteiger partial charge is 0.382 e. The number of hydrogen-bond acceptors (Lipinski definition) is 3. The maximum Gasteiger partial charge on any atom is 0.0916 e. The molecule has 0 saturated carbocycles. The topological polar surface area (TPSA) is 30.5 Å². The molecule has 0 aliphatic heterocycles. The molecule has 0 spiro atoms. The van der Waals surface area contributed by atoms with Crippen LogP contribution in [0.5, 0.6) is 0 Å². The van der Waals surface area contributed by atoms with Crippen LogP contribution in [-0.2, 0) is 9.57 Å². The van der Waals surface area contributed by atoms with Gasteiger partial charge < -0.3 is 4.74 Å². The molecule has 90 valence electrons. The van der Waals surface area contributed by atoms with E-state index in [4.69, 9.17) is 9.57 Å². The number of ether oxygens (including phenoxy) is 1. The normalized spacial score (nSPS) is 12.8. The predicted molar refractivity (Wildman–Crippen MR) is 65.3 cm³/mol. The number of methoxy groups -OCH3 is 1. The van der Waals surface area contributed by atoms with Crippen molar-refractivity contribution in [2.75, 3.05) is 20.3 Å². The molecule has 3 nitrogen and oxygen atoms in total. The van der Waals surface area contributed by atoms with E-state index < -0.39 is 0 Å². The summed E-state index contributed by atoms with van der Waals surface area (Å²) in [5, 5.41) is 0. The van der Waals surface area contributed by atoms with Crippen molar-refractivity contribution in [2.45, 2.75) is 26.8 Å². The van der Waals surface area contributed by atoms with Crippen LogP contribution in [-0.4, -0.2) is 20.3 Å². The van der Waals surface area contributed by atoms with Gasteiger partial charge in [-0.1, -0.05) is 18.2 Å². The van der Waals surface area contributed by atoms with Crippen molar-refractivity contribution in [2.24, 2.45) is 0 Å². The minimum absolute atomic E-state index is 0.191. The molecule has 1 unspecified atom stereocenters. The summed E-state index contributed by atoms with van der Waals surface area (Å²) in [7, 11) is 1.66. The standard InChI is InChI=1S/C13H21NO2/c1-10-5-6-13(9-11(10)2)12(3)14-16-8-7-15-4/h5-6,9,12,14H,7-8H2,1-4H3. The Morgan fingerprint density at radius 3 is 2.56 bits per heavy atom. The molecular weight excluding hydrogens is 202 g/mol. The fraction of sp³-hybridized carbons (Fsp3) is 0.538. The molecule has 0 heterocycles. The van der Waals surface area contributed by atoms with Crippen molar-refractivity contribution in [3.8, 4) is 0 Å². The first-order valence-electron chi connectivity index (χ1n) is 5.58. The molecule has 0 bridgehead atoms. The van der Waals surface area contributed by atoms with E-state index in [-0.39, 0.29) is 6.04 Å². The van der Waals surface area contributed by atoms with Crippen molar-refractivity contribution in [3.05, 3.63) is 34.9 Å². The zero-order valence-electron chi connectivity index (χ0n) is 10.5. The Balaban J connectivity index is 2.46. The number of hydroxylamine groups is 1. The lowest BCUT2D eigenvalue weighted by molar-refractivity contribution is -0.00925. The average Bonchev–Trinajstić information content (AvgIpc) is 2.28. The number of hydrogen-bond donors (Lipinski definition) is 1. The second kappa shape index (κ2) is 6.63. The van der Waals surface area contributed by atoms with Gasteiger partial charge in [0.15, 0.2) is 0 Å². The van der Waals surface area contributed by atoms with Crippen molar-refractivity contribution in [3.63, 3.8) is 0 Å². The average molecular weight is 223 g/mol. The molecule has 16 heavy (non-hydrogen) atoms. The molecule has 1 atom stereocenters. The first kappa shape index (κ1) is 13.2. The Kier molecular flexibility index (Phi) is 5.46. The molecule has 0 aliphatic rings. The van der Waals surface area contributed by atoms with Gasteiger partial charge in [-0.15, -0.1) is 0 Å². The van der Waals surface area contributed by atoms with Gasteiger partial charge in [-0.3, -0.25) is 4.84 Å². The van der Waals surface area contributed by atoms with E-state index in [9.17, 15) is 0 Å². The Labute approximate surface area is 97.7 Å². The maximum absolute atomic E-state index is 5.29. The molecule has 1 aromatic rings. The third kappa shape index (κ3) is 3.93. The maximum atomic E-state index is 5.29. The van der Waals surface area contributed by atoms with Crippen LogP contribution >= 0.6 is 0 Å². The second-order valence-electron chi connectivity index (χ2n) is 4.02. The van der Waals surface area contributed by atoms with Crippen molar-refractivity contribution >= 4 is 0 Å². The van der Waals surface area contributed by atoms with E-state index in [1.165, 1.54) is 16.7 Å². The van der Waals surface area contributed by atoms with E-state index in [0.29, 0.717) is 13.2 Å². The van der Waals surface area contributed by atoms with E-state index >= 15 is 0 Å². The molecule has 1 rings (SSSR count). The summed E-state index contributed by atoms with van der Waals surface area (Å²) in [4.78, 5) is 5.29. The highest BCUT2D eigenvalue weighted by Gasteiger charge is 2.05. The van der Waals surface area contributed by atoms with Crippen LogP contribution in [0.2, 0.25) is 0 Å². The predicted octanol–water partition coefficient (Wildman–Crippen LogP) is 2.53. The molecule has 1 aromatic carbocycles. The van der Waals surface area contributed by atoms with Crippen LogP contribution in [0.3, 0.4) is 0 Å². The second-order valence-corrected chi connectivity index (χ2v) is 4.02. The minimum Gasteiger partial charge on any atom is -0.382 e. The summed E-state index contributed by atoms with van der Waals surface area (Å²) in [5.74, 6) is 0. The van der Waals surface area contributed by atoms with Gasteiger partial charge in [-0.2, -0.15) is 5.48 Å². The molecule has 0 saturated heterocycles. The van der Waals surface area contributed by atoms with E-state index in [0.717, 1.165) is 0 Å². The Morgan fingerprint density at radius 1 is 1.19 bits per heavy atom. The van der Waals surface area contributed by atoms with Gasteiger partial charge in [0, 0.05) is 7.11 Å². The first-order chi connectivity index (χ1) is 7.65. The zero-order valence-corrected chi connectivity index (χ0v) is 10.5. The summed E-state index contributed by atoms with van der Waals surface area (Å²) >= 11 is 0. The van der Waals surface area contributed by atoms with Gasteiger partial charge in [0.1, 0.15) is 0 Å². The van der Waals surface area contributed by atoms with Crippen LogP contribution in [0.15, 0.2) is 18.2 Å². The van der Waals surface area contributed by atoms with Crippen LogP contribution in [0.25, 0.3) is 0 Å². The third-order valence-corrected chi connectivity index (χ3v) is 2.68. The van der Waals surface area contributed by atoms with Gasteiger partial charge in [0.25, 0.3) is 0 Å². The minimum atomic E-state index is 0.191. The van der Waals surface area contributed by atoms with Crippen molar-refractivity contribution < 1.29 is 9.57 Å². The summed E-state index contributed by atoms with van der Waals surface area (Å²) in [5.41, 5.74) is 6.86. The van der Waals surface area contributed by atoms with Crippen LogP contribution < -0.4 is 5.48 Å². The fourth-order valence-corrected chi connectivity index (χ4v) is 1.41. The molecule has 0 aliphatic carbocycles. The molecule has 1 N–H and O–H groups in total. The smallest absolute Gasteiger partial charge is 0.0916 e. The lowest BCUT2D eigenvalue weighted by atomic mass is 10.0. The monoisotopic (exact) mass is 223 g/mol. The van der Waals surface area contributed by atoms with E-state index in [1.54, 1.807) is 7.11 Å². The highest BCUT2D eigenvalue weighted by molar-refractivity contribution is 5.31. The van der Waals surface area contributed by atoms with E-state index in [1.807, 2.05) is 0 Å². The SMILES string of the molecule is COCCONC(C)c1ccc(C)c(C)c1. The number of benzene rings is 1. The van der Waals surface area contributed by atoms with Gasteiger partial charge in [0.05, 0.1) is 19.3 Å². The quantitative estimate of drug-likeness (QED) is 0.594. The Bertz CT molecular complexity index is 326. The summed E-state index contributed by atoms with van der Waals surface area (Å²) < 4.78 is 4.90. The lowest BCUT2D eigenvalue weighted by Gasteiger charge is -2.15. The van der Waals surface area contributed by atoms with Crippen LogP contribution in [0, 0.1) is 13.8 Å². The summed E-state index contributed by atoms with van der Waals surface area (Å²) in [6, 6.07) is 6.64. The molecule has 3 heteroatoms. The van der Waals surface area contributed by atoms with Crippen molar-refractivity contribution in [1.29, 1.82) is 0 Å². The molecule has 0 amide bonds.